The van der Waals surface area contributed by atoms with Crippen molar-refractivity contribution in [3.05, 3.63) is 47.4 Å². The molecule has 0 aliphatic carbocycles. The van der Waals surface area contributed by atoms with Crippen molar-refractivity contribution in [3.63, 3.8) is 0 Å². The maximum Gasteiger partial charge on any atom is 0.325 e. The second-order valence-corrected chi connectivity index (χ2v) is 10.4. The number of carbonyl (C=O) groups is 1. The van der Waals surface area contributed by atoms with Gasteiger partial charge in [0.2, 0.25) is 16.0 Å². The van der Waals surface area contributed by atoms with Gasteiger partial charge >= 0.3 is 5.97 Å². The first kappa shape index (κ1) is 24.9. The van der Waals surface area contributed by atoms with Crippen molar-refractivity contribution in [1.29, 1.82) is 0 Å². The number of sulfonamides is 1. The molecule has 14 heteroatoms. The second kappa shape index (κ2) is 10.2. The van der Waals surface area contributed by atoms with Crippen LogP contribution in [0.25, 0.3) is 11.5 Å². The molecule has 2 N–H and O–H groups in total. The van der Waals surface area contributed by atoms with Gasteiger partial charge in [-0.3, -0.25) is 4.79 Å². The molecule has 3 aromatic heterocycles. The lowest BCUT2D eigenvalue weighted by Gasteiger charge is -2.35. The molecular weight excluding hydrogens is 501 g/mol. The number of nitrogens with zero attached hydrogens (tertiary/aromatic N) is 5. The molecule has 0 radical (unpaired) electrons. The third-order valence-electron chi connectivity index (χ3n) is 5.78. The SMILES string of the molecule is COC(=O)CNc1ncc(S(=O)(=O)N2CC[C@@H](c3[nH]c(-c4ccc(F)cn4)nc3Cl)[C@@H](C)C2)cn1. The molecule has 4 heterocycles. The Morgan fingerprint density at radius 3 is 2.66 bits per heavy atom. The minimum absolute atomic E-state index is 0.0454. The minimum Gasteiger partial charge on any atom is -0.468 e. The van der Waals surface area contributed by atoms with Gasteiger partial charge in [-0.15, -0.1) is 0 Å². The lowest BCUT2D eigenvalue weighted by molar-refractivity contribution is -0.138. The molecule has 1 aliphatic heterocycles. The molecule has 1 saturated heterocycles. The van der Waals surface area contributed by atoms with Crippen molar-refractivity contribution in [1.82, 2.24) is 29.2 Å². The number of imidazole rings is 1. The molecule has 1 fully saturated rings. The Morgan fingerprint density at radius 2 is 2.03 bits per heavy atom. The van der Waals surface area contributed by atoms with E-state index in [1.807, 2.05) is 6.92 Å². The highest BCUT2D eigenvalue weighted by molar-refractivity contribution is 7.89. The summed E-state index contributed by atoms with van der Waals surface area (Å²) in [4.78, 5) is 30.6. The Morgan fingerprint density at radius 1 is 1.29 bits per heavy atom. The predicted molar refractivity (Wildman–Crippen MR) is 125 cm³/mol. The van der Waals surface area contributed by atoms with Crippen LogP contribution in [0.5, 0.6) is 0 Å². The Hall–Kier alpha value is -3.16. The molecule has 1 aliphatic rings. The molecule has 186 valence electrons. The molecule has 11 nitrogen and oxygen atoms in total. The van der Waals surface area contributed by atoms with Crippen LogP contribution in [-0.2, 0) is 19.6 Å². The number of pyridine rings is 1. The van der Waals surface area contributed by atoms with Crippen LogP contribution in [0.4, 0.5) is 10.3 Å². The number of ether oxygens (including phenoxy) is 1. The summed E-state index contributed by atoms with van der Waals surface area (Å²) in [5, 5.41) is 2.94. The van der Waals surface area contributed by atoms with Gasteiger partial charge in [-0.1, -0.05) is 18.5 Å². The van der Waals surface area contributed by atoms with Gasteiger partial charge < -0.3 is 15.0 Å². The first-order valence-corrected chi connectivity index (χ1v) is 12.5. The number of rotatable bonds is 7. The minimum atomic E-state index is -3.82. The number of hydrogen-bond donors (Lipinski definition) is 2. The molecule has 2 atom stereocenters. The van der Waals surface area contributed by atoms with E-state index >= 15 is 0 Å². The van der Waals surface area contributed by atoms with Crippen LogP contribution in [0.15, 0.2) is 35.6 Å². The fourth-order valence-corrected chi connectivity index (χ4v) is 5.64. The zero-order valence-electron chi connectivity index (χ0n) is 18.9. The van der Waals surface area contributed by atoms with Gasteiger partial charge in [-0.25, -0.2) is 32.7 Å². The number of carbonyl (C=O) groups excluding carboxylic acids is 1. The lowest BCUT2D eigenvalue weighted by Crippen LogP contribution is -2.42. The number of esters is 1. The van der Waals surface area contributed by atoms with E-state index in [2.05, 4.69) is 35.0 Å². The molecule has 0 saturated carbocycles. The van der Waals surface area contributed by atoms with Crippen LogP contribution >= 0.6 is 11.6 Å². The second-order valence-electron chi connectivity index (χ2n) is 8.06. The summed E-state index contributed by atoms with van der Waals surface area (Å²) in [5.74, 6) is -0.553. The van der Waals surface area contributed by atoms with Gasteiger partial charge in [0.05, 0.1) is 31.4 Å². The number of anilines is 1. The molecule has 3 aromatic rings. The highest BCUT2D eigenvalue weighted by Crippen LogP contribution is 2.37. The summed E-state index contributed by atoms with van der Waals surface area (Å²) in [7, 11) is -2.56. The van der Waals surface area contributed by atoms with Crippen LogP contribution in [0, 0.1) is 11.7 Å². The summed E-state index contributed by atoms with van der Waals surface area (Å²) in [6.07, 6.45) is 4.01. The van der Waals surface area contributed by atoms with Crippen LogP contribution in [0.1, 0.15) is 25.0 Å². The van der Waals surface area contributed by atoms with Gasteiger partial charge in [0.1, 0.15) is 23.0 Å². The number of hydrogen-bond acceptors (Lipinski definition) is 9. The predicted octanol–water partition coefficient (Wildman–Crippen LogP) is 2.45. The maximum atomic E-state index is 13.2. The van der Waals surface area contributed by atoms with E-state index in [9.17, 15) is 17.6 Å². The molecule has 0 unspecified atom stereocenters. The van der Waals surface area contributed by atoms with Crippen molar-refractivity contribution in [3.8, 4) is 11.5 Å². The van der Waals surface area contributed by atoms with Crippen LogP contribution in [0.2, 0.25) is 5.15 Å². The molecule has 4 rings (SSSR count). The first-order valence-electron chi connectivity index (χ1n) is 10.7. The van der Waals surface area contributed by atoms with Crippen molar-refractivity contribution in [2.45, 2.75) is 24.2 Å². The topological polar surface area (TPSA) is 143 Å². The van der Waals surface area contributed by atoms with Gasteiger partial charge in [0.15, 0.2) is 11.0 Å². The molecule has 0 amide bonds. The van der Waals surface area contributed by atoms with Crippen molar-refractivity contribution < 1.29 is 22.3 Å². The fourth-order valence-electron chi connectivity index (χ4n) is 3.92. The number of H-pyrrole nitrogens is 1. The monoisotopic (exact) mass is 523 g/mol. The number of methoxy groups -OCH3 is 1. The standard InChI is InChI=1S/C21H23ClFN7O4S/c1-12-11-30(35(32,33)14-8-25-21(26-9-14)27-10-17(31)34-2)6-5-15(12)18-19(22)29-20(28-18)16-4-3-13(23)7-24-16/h3-4,7-9,12,15H,5-6,10-11H2,1-2H3,(H,28,29)(H,25,26,27)/t12-,15+/m0/s1. The molecule has 0 bridgehead atoms. The number of halogens is 2. The van der Waals surface area contributed by atoms with Crippen LogP contribution in [0.3, 0.4) is 0 Å². The van der Waals surface area contributed by atoms with Crippen molar-refractivity contribution in [2.75, 3.05) is 32.1 Å². The Labute approximate surface area is 206 Å². The number of aromatic nitrogens is 5. The molecule has 0 aromatic carbocycles. The van der Waals surface area contributed by atoms with Gasteiger partial charge in [0, 0.05) is 19.0 Å². The number of nitrogens with one attached hydrogen (secondary N) is 2. The van der Waals surface area contributed by atoms with E-state index in [0.29, 0.717) is 23.6 Å². The number of aromatic amines is 1. The van der Waals surface area contributed by atoms with E-state index in [1.54, 1.807) is 0 Å². The lowest BCUT2D eigenvalue weighted by atomic mass is 9.86. The van der Waals surface area contributed by atoms with Gasteiger partial charge in [-0.2, -0.15) is 4.31 Å². The summed E-state index contributed by atoms with van der Waals surface area (Å²) in [5.41, 5.74) is 1.15. The zero-order chi connectivity index (χ0) is 25.2. The highest BCUT2D eigenvalue weighted by Gasteiger charge is 2.36. The van der Waals surface area contributed by atoms with Gasteiger partial charge in [0.25, 0.3) is 0 Å². The molecule has 0 spiro atoms. The maximum absolute atomic E-state index is 13.2. The summed E-state index contributed by atoms with van der Waals surface area (Å²) >= 11 is 6.39. The Kier molecular flexibility index (Phi) is 7.28. The van der Waals surface area contributed by atoms with E-state index in [0.717, 1.165) is 6.20 Å². The third kappa shape index (κ3) is 5.41. The van der Waals surface area contributed by atoms with E-state index in [4.69, 9.17) is 11.6 Å². The molecule has 35 heavy (non-hydrogen) atoms. The van der Waals surface area contributed by atoms with E-state index in [1.165, 1.54) is 35.9 Å². The molecular formula is C21H23ClFN7O4S. The highest BCUT2D eigenvalue weighted by atomic mass is 35.5. The van der Waals surface area contributed by atoms with E-state index in [-0.39, 0.29) is 47.5 Å². The number of piperidine rings is 1. The largest absolute Gasteiger partial charge is 0.468 e. The summed E-state index contributed by atoms with van der Waals surface area (Å²) in [6, 6.07) is 2.79. The van der Waals surface area contributed by atoms with Crippen LogP contribution in [-0.4, -0.2) is 70.4 Å². The van der Waals surface area contributed by atoms with Crippen molar-refractivity contribution in [2.24, 2.45) is 5.92 Å². The van der Waals surface area contributed by atoms with Crippen LogP contribution < -0.4 is 5.32 Å². The van der Waals surface area contributed by atoms with Crippen molar-refractivity contribution >= 4 is 33.5 Å². The first-order chi connectivity index (χ1) is 16.7. The quantitative estimate of drug-likeness (QED) is 0.446. The summed E-state index contributed by atoms with van der Waals surface area (Å²) in [6.45, 7) is 2.33. The Balaban J connectivity index is 1.45. The Bertz CT molecular complexity index is 1300. The van der Waals surface area contributed by atoms with Gasteiger partial charge in [-0.05, 0) is 24.5 Å². The average Bonchev–Trinajstić information content (AvgIpc) is 3.24. The average molecular weight is 524 g/mol. The normalized spacial score (nSPS) is 18.9. The van der Waals surface area contributed by atoms with E-state index < -0.39 is 21.8 Å². The zero-order valence-corrected chi connectivity index (χ0v) is 20.5. The smallest absolute Gasteiger partial charge is 0.325 e. The fraction of sp³-hybridized carbons (Fsp3) is 0.381. The third-order valence-corrected chi connectivity index (χ3v) is 7.88. The summed E-state index contributed by atoms with van der Waals surface area (Å²) < 4.78 is 45.4.